The third kappa shape index (κ3) is 13.6. The molecule has 0 aliphatic carbocycles. The van der Waals surface area contributed by atoms with E-state index >= 15 is 0 Å². The lowest BCUT2D eigenvalue weighted by Gasteiger charge is -2.27. The van der Waals surface area contributed by atoms with Crippen LogP contribution in [0.4, 0.5) is 0 Å². The molecule has 0 spiro atoms. The summed E-state index contributed by atoms with van der Waals surface area (Å²) in [5.74, 6) is -0.854. The van der Waals surface area contributed by atoms with E-state index in [2.05, 4.69) is 19.1 Å². The highest BCUT2D eigenvalue weighted by molar-refractivity contribution is 6.00. The first-order valence-electron chi connectivity index (χ1n) is 13.1. The first kappa shape index (κ1) is 29.7. The minimum atomic E-state index is -1.13. The van der Waals surface area contributed by atoms with Gasteiger partial charge in [-0.2, -0.15) is 0 Å². The Morgan fingerprint density at radius 2 is 1.03 bits per heavy atom. The van der Waals surface area contributed by atoms with Crippen LogP contribution in [-0.4, -0.2) is 25.2 Å². The summed E-state index contributed by atoms with van der Waals surface area (Å²) in [5.41, 5.74) is -1.13. The standard InChI is InChI=1S/C27H50O4/c1-5-9-10-11-12-13-14-15-16-17-18-19-20-21-22-23-24-27(6-2,25(28)30-7-3)26(29)31-8-4/h15-16H,5-14,17-24H2,1-4H3. The van der Waals surface area contributed by atoms with Gasteiger partial charge in [0.05, 0.1) is 13.2 Å². The van der Waals surface area contributed by atoms with Crippen LogP contribution in [0.5, 0.6) is 0 Å². The van der Waals surface area contributed by atoms with Gasteiger partial charge < -0.3 is 9.47 Å². The summed E-state index contributed by atoms with van der Waals surface area (Å²) in [6.07, 6.45) is 23.0. The van der Waals surface area contributed by atoms with Gasteiger partial charge >= 0.3 is 11.9 Å². The lowest BCUT2D eigenvalue weighted by molar-refractivity contribution is -0.173. The number of esters is 2. The number of rotatable bonds is 21. The lowest BCUT2D eigenvalue weighted by Crippen LogP contribution is -2.41. The normalized spacial score (nSPS) is 11.7. The molecule has 4 heteroatoms. The molecule has 0 rings (SSSR count). The van der Waals surface area contributed by atoms with Crippen molar-refractivity contribution in [1.82, 2.24) is 0 Å². The van der Waals surface area contributed by atoms with Crippen LogP contribution in [0.25, 0.3) is 0 Å². The number of hydrogen-bond acceptors (Lipinski definition) is 4. The molecule has 4 nitrogen and oxygen atoms in total. The lowest BCUT2D eigenvalue weighted by atomic mass is 9.80. The summed E-state index contributed by atoms with van der Waals surface area (Å²) in [4.78, 5) is 24.9. The maximum Gasteiger partial charge on any atom is 0.323 e. The van der Waals surface area contributed by atoms with E-state index in [9.17, 15) is 9.59 Å². The van der Waals surface area contributed by atoms with Gasteiger partial charge in [0.15, 0.2) is 5.41 Å². The fourth-order valence-corrected chi connectivity index (χ4v) is 3.97. The van der Waals surface area contributed by atoms with E-state index in [1.165, 1.54) is 70.6 Å². The van der Waals surface area contributed by atoms with Crippen molar-refractivity contribution in [2.24, 2.45) is 5.41 Å². The summed E-state index contributed by atoms with van der Waals surface area (Å²) in [5, 5.41) is 0. The molecule has 0 saturated heterocycles. The smallest absolute Gasteiger partial charge is 0.323 e. The van der Waals surface area contributed by atoms with Crippen molar-refractivity contribution in [3.63, 3.8) is 0 Å². The molecule has 0 aliphatic rings. The molecule has 0 bridgehead atoms. The van der Waals surface area contributed by atoms with Crippen molar-refractivity contribution in [3.05, 3.63) is 12.2 Å². The Balaban J connectivity index is 3.91. The van der Waals surface area contributed by atoms with Crippen molar-refractivity contribution < 1.29 is 19.1 Å². The first-order chi connectivity index (χ1) is 15.1. The van der Waals surface area contributed by atoms with Gasteiger partial charge in [-0.25, -0.2) is 0 Å². The van der Waals surface area contributed by atoms with Gasteiger partial charge in [-0.3, -0.25) is 9.59 Å². The predicted octanol–water partition coefficient (Wildman–Crippen LogP) is 7.94. The predicted molar refractivity (Wildman–Crippen MR) is 130 cm³/mol. The molecule has 0 aromatic carbocycles. The fraction of sp³-hybridized carbons (Fsp3) is 0.852. The second-order valence-electron chi connectivity index (χ2n) is 8.56. The van der Waals surface area contributed by atoms with Crippen LogP contribution >= 0.6 is 0 Å². The number of carbonyl (C=O) groups is 2. The Bertz CT molecular complexity index is 452. The molecule has 0 fully saturated rings. The molecule has 0 radical (unpaired) electrons. The molecule has 0 unspecified atom stereocenters. The summed E-state index contributed by atoms with van der Waals surface area (Å²) in [6.45, 7) is 8.24. The van der Waals surface area contributed by atoms with Crippen LogP contribution in [0.1, 0.15) is 130 Å². The molecule has 182 valence electrons. The minimum absolute atomic E-state index is 0.285. The molecular formula is C27H50O4. The summed E-state index contributed by atoms with van der Waals surface area (Å²) < 4.78 is 10.4. The fourth-order valence-electron chi connectivity index (χ4n) is 3.97. The van der Waals surface area contributed by atoms with E-state index in [0.717, 1.165) is 19.3 Å². The van der Waals surface area contributed by atoms with E-state index in [0.29, 0.717) is 12.8 Å². The maximum absolute atomic E-state index is 12.5. The van der Waals surface area contributed by atoms with Gasteiger partial charge in [-0.1, -0.05) is 90.2 Å². The highest BCUT2D eigenvalue weighted by Crippen LogP contribution is 2.33. The zero-order valence-corrected chi connectivity index (χ0v) is 21.0. The monoisotopic (exact) mass is 438 g/mol. The van der Waals surface area contributed by atoms with Gasteiger partial charge in [-0.05, 0) is 52.4 Å². The number of allylic oxidation sites excluding steroid dienone is 2. The average Bonchev–Trinajstić information content (AvgIpc) is 2.76. The molecule has 31 heavy (non-hydrogen) atoms. The van der Waals surface area contributed by atoms with Gasteiger partial charge in [0, 0.05) is 0 Å². The van der Waals surface area contributed by atoms with Gasteiger partial charge in [0.25, 0.3) is 0 Å². The minimum Gasteiger partial charge on any atom is -0.465 e. The second-order valence-corrected chi connectivity index (χ2v) is 8.56. The summed E-state index contributed by atoms with van der Waals surface area (Å²) >= 11 is 0. The van der Waals surface area contributed by atoms with E-state index in [1.807, 2.05) is 6.92 Å². The van der Waals surface area contributed by atoms with Crippen LogP contribution in [0.2, 0.25) is 0 Å². The molecular weight excluding hydrogens is 388 g/mol. The van der Waals surface area contributed by atoms with Crippen LogP contribution < -0.4 is 0 Å². The molecule has 0 N–H and O–H groups in total. The molecule has 0 aromatic rings. The van der Waals surface area contributed by atoms with E-state index in [4.69, 9.17) is 9.47 Å². The van der Waals surface area contributed by atoms with Crippen molar-refractivity contribution in [1.29, 1.82) is 0 Å². The largest absolute Gasteiger partial charge is 0.465 e. The van der Waals surface area contributed by atoms with E-state index < -0.39 is 17.4 Å². The van der Waals surface area contributed by atoms with E-state index in [1.54, 1.807) is 13.8 Å². The van der Waals surface area contributed by atoms with Crippen molar-refractivity contribution >= 4 is 11.9 Å². The average molecular weight is 439 g/mol. The quantitative estimate of drug-likeness (QED) is 0.0790. The summed E-state index contributed by atoms with van der Waals surface area (Å²) in [7, 11) is 0. The van der Waals surface area contributed by atoms with Gasteiger partial charge in [0.2, 0.25) is 0 Å². The Hall–Kier alpha value is -1.32. The third-order valence-corrected chi connectivity index (χ3v) is 6.05. The topological polar surface area (TPSA) is 52.6 Å². The SMILES string of the molecule is CCCCCCCCC=CCCCCCCCCC(CC)(C(=O)OCC)C(=O)OCC. The zero-order chi connectivity index (χ0) is 23.2. The molecule has 0 saturated carbocycles. The summed E-state index contributed by atoms with van der Waals surface area (Å²) in [6, 6.07) is 0. The highest BCUT2D eigenvalue weighted by atomic mass is 16.6. The Morgan fingerprint density at radius 1 is 0.613 bits per heavy atom. The van der Waals surface area contributed by atoms with Crippen LogP contribution in [0, 0.1) is 5.41 Å². The van der Waals surface area contributed by atoms with Crippen LogP contribution in [-0.2, 0) is 19.1 Å². The molecule has 0 atom stereocenters. The maximum atomic E-state index is 12.5. The van der Waals surface area contributed by atoms with E-state index in [-0.39, 0.29) is 13.2 Å². The number of hydrogen-bond donors (Lipinski definition) is 0. The van der Waals surface area contributed by atoms with Gasteiger partial charge in [0.1, 0.15) is 0 Å². The third-order valence-electron chi connectivity index (χ3n) is 6.05. The first-order valence-corrected chi connectivity index (χ1v) is 13.1. The number of unbranched alkanes of at least 4 members (excludes halogenated alkanes) is 12. The second kappa shape index (κ2) is 20.6. The molecule has 0 amide bonds. The van der Waals surface area contributed by atoms with Crippen molar-refractivity contribution in [2.45, 2.75) is 130 Å². The highest BCUT2D eigenvalue weighted by Gasteiger charge is 2.46. The van der Waals surface area contributed by atoms with Crippen LogP contribution in [0.15, 0.2) is 12.2 Å². The van der Waals surface area contributed by atoms with Crippen molar-refractivity contribution in [2.75, 3.05) is 13.2 Å². The number of ether oxygens (including phenoxy) is 2. The Kier molecular flexibility index (Phi) is 19.7. The number of carbonyl (C=O) groups excluding carboxylic acids is 2. The van der Waals surface area contributed by atoms with Gasteiger partial charge in [-0.15, -0.1) is 0 Å². The molecule has 0 heterocycles. The van der Waals surface area contributed by atoms with Crippen LogP contribution in [0.3, 0.4) is 0 Å². The molecule has 0 aromatic heterocycles. The Morgan fingerprint density at radius 3 is 1.45 bits per heavy atom. The van der Waals surface area contributed by atoms with Crippen molar-refractivity contribution in [3.8, 4) is 0 Å². The Labute approximate surface area is 192 Å². The zero-order valence-electron chi connectivity index (χ0n) is 21.0. The molecule has 0 aliphatic heterocycles.